The number of likely N-dealkylation sites (tertiary alicyclic amines) is 2. The minimum atomic E-state index is -0.158. The molecule has 0 aromatic heterocycles. The predicted molar refractivity (Wildman–Crippen MR) is 133 cm³/mol. The molecule has 0 bridgehead atoms. The fourth-order valence-electron chi connectivity index (χ4n) is 5.00. The number of anilines is 1. The molecule has 0 saturated carbocycles. The Labute approximate surface area is 199 Å². The van der Waals surface area contributed by atoms with Crippen molar-refractivity contribution in [2.24, 2.45) is 5.92 Å². The van der Waals surface area contributed by atoms with Gasteiger partial charge in [-0.15, -0.1) is 0 Å². The van der Waals surface area contributed by atoms with Gasteiger partial charge in [0.1, 0.15) is 0 Å². The summed E-state index contributed by atoms with van der Waals surface area (Å²) in [5.41, 5.74) is 1.96. The molecule has 5 rings (SSSR count). The Hall–Kier alpha value is -3.67. The van der Waals surface area contributed by atoms with Crippen LogP contribution in [0, 0.1) is 5.92 Å². The van der Waals surface area contributed by atoms with Gasteiger partial charge in [-0.05, 0) is 60.7 Å². The molecular weight excluding hydrogens is 426 g/mol. The third-order valence-corrected chi connectivity index (χ3v) is 6.94. The van der Waals surface area contributed by atoms with Crippen LogP contribution >= 0.6 is 0 Å². The Morgan fingerprint density at radius 2 is 1.41 bits per heavy atom. The molecule has 6 heteroatoms. The van der Waals surface area contributed by atoms with Gasteiger partial charge in [-0.3, -0.25) is 14.4 Å². The average Bonchev–Trinajstić information content (AvgIpc) is 3.43. The molecule has 1 N–H and O–H groups in total. The zero-order valence-corrected chi connectivity index (χ0v) is 19.2. The first-order valence-electron chi connectivity index (χ1n) is 12.1. The van der Waals surface area contributed by atoms with Crippen LogP contribution in [0.1, 0.15) is 46.4 Å². The van der Waals surface area contributed by atoms with Gasteiger partial charge in [0.15, 0.2) is 0 Å². The van der Waals surface area contributed by atoms with Crippen molar-refractivity contribution in [3.8, 4) is 0 Å². The van der Waals surface area contributed by atoms with E-state index >= 15 is 0 Å². The lowest BCUT2D eigenvalue weighted by atomic mass is 9.94. The zero-order valence-electron chi connectivity index (χ0n) is 19.2. The Balaban J connectivity index is 1.20. The molecule has 3 aromatic rings. The standard InChI is InChI=1S/C28H29N3O3/c32-26(29-23-10-5-9-22(19-23)27(33)30-15-3-4-16-30)21-13-17-31(18-14-21)28(34)25-12-6-8-20-7-1-2-11-24(20)25/h1-2,5-12,19,21H,3-4,13-18H2,(H,29,32). The van der Waals surface area contributed by atoms with Crippen LogP contribution in [0.3, 0.4) is 0 Å². The summed E-state index contributed by atoms with van der Waals surface area (Å²) >= 11 is 0. The van der Waals surface area contributed by atoms with E-state index in [1.54, 1.807) is 12.1 Å². The second-order valence-corrected chi connectivity index (χ2v) is 9.16. The molecule has 174 valence electrons. The first-order valence-corrected chi connectivity index (χ1v) is 12.1. The highest BCUT2D eigenvalue weighted by Gasteiger charge is 2.28. The van der Waals surface area contributed by atoms with Crippen molar-refractivity contribution in [3.05, 3.63) is 77.9 Å². The van der Waals surface area contributed by atoms with Gasteiger partial charge in [0, 0.05) is 48.9 Å². The van der Waals surface area contributed by atoms with E-state index in [1.807, 2.05) is 64.4 Å². The van der Waals surface area contributed by atoms with Crippen molar-refractivity contribution < 1.29 is 14.4 Å². The molecule has 0 radical (unpaired) electrons. The van der Waals surface area contributed by atoms with Crippen molar-refractivity contribution in [2.45, 2.75) is 25.7 Å². The van der Waals surface area contributed by atoms with E-state index in [2.05, 4.69) is 5.32 Å². The van der Waals surface area contributed by atoms with E-state index in [0.29, 0.717) is 42.7 Å². The van der Waals surface area contributed by atoms with Crippen molar-refractivity contribution in [2.75, 3.05) is 31.5 Å². The van der Waals surface area contributed by atoms with Gasteiger partial charge in [-0.2, -0.15) is 0 Å². The monoisotopic (exact) mass is 455 g/mol. The highest BCUT2D eigenvalue weighted by Crippen LogP contribution is 2.25. The molecule has 0 unspecified atom stereocenters. The first kappa shape index (κ1) is 22.1. The maximum atomic E-state index is 13.2. The summed E-state index contributed by atoms with van der Waals surface area (Å²) in [6, 6.07) is 20.9. The van der Waals surface area contributed by atoms with E-state index in [1.165, 1.54) is 0 Å². The van der Waals surface area contributed by atoms with E-state index in [4.69, 9.17) is 0 Å². The molecule has 0 spiro atoms. The molecule has 0 atom stereocenters. The fraction of sp³-hybridized carbons (Fsp3) is 0.321. The third-order valence-electron chi connectivity index (χ3n) is 6.94. The van der Waals surface area contributed by atoms with Crippen molar-refractivity contribution in [3.63, 3.8) is 0 Å². The van der Waals surface area contributed by atoms with Gasteiger partial charge in [0.25, 0.3) is 11.8 Å². The molecule has 2 aliphatic heterocycles. The van der Waals surface area contributed by atoms with Crippen LogP contribution in [0.5, 0.6) is 0 Å². The minimum Gasteiger partial charge on any atom is -0.339 e. The average molecular weight is 456 g/mol. The molecule has 6 nitrogen and oxygen atoms in total. The number of piperidine rings is 1. The molecule has 2 fully saturated rings. The van der Waals surface area contributed by atoms with Gasteiger partial charge in [-0.1, -0.05) is 42.5 Å². The van der Waals surface area contributed by atoms with Gasteiger partial charge < -0.3 is 15.1 Å². The van der Waals surface area contributed by atoms with Crippen molar-refractivity contribution in [1.29, 1.82) is 0 Å². The van der Waals surface area contributed by atoms with Crippen LogP contribution in [-0.2, 0) is 4.79 Å². The number of amides is 3. The molecule has 2 saturated heterocycles. The summed E-state index contributed by atoms with van der Waals surface area (Å²) < 4.78 is 0. The predicted octanol–water partition coefficient (Wildman–Crippen LogP) is 4.57. The van der Waals surface area contributed by atoms with Crippen LogP contribution in [0.2, 0.25) is 0 Å². The maximum Gasteiger partial charge on any atom is 0.254 e. The van der Waals surface area contributed by atoms with E-state index in [0.717, 1.165) is 36.7 Å². The Kier molecular flexibility index (Phi) is 6.30. The van der Waals surface area contributed by atoms with E-state index < -0.39 is 0 Å². The first-order chi connectivity index (χ1) is 16.6. The fourth-order valence-corrected chi connectivity index (χ4v) is 5.00. The maximum absolute atomic E-state index is 13.2. The molecule has 34 heavy (non-hydrogen) atoms. The Bertz CT molecular complexity index is 1220. The minimum absolute atomic E-state index is 0.0174. The lowest BCUT2D eigenvalue weighted by Crippen LogP contribution is -2.41. The smallest absolute Gasteiger partial charge is 0.254 e. The second kappa shape index (κ2) is 9.67. The molecule has 2 heterocycles. The molecule has 3 amide bonds. The number of rotatable bonds is 4. The lowest BCUT2D eigenvalue weighted by Gasteiger charge is -2.31. The van der Waals surface area contributed by atoms with E-state index in [-0.39, 0.29) is 23.6 Å². The van der Waals surface area contributed by atoms with Gasteiger partial charge in [-0.25, -0.2) is 0 Å². The summed E-state index contributed by atoms with van der Waals surface area (Å²) in [4.78, 5) is 42.5. The van der Waals surface area contributed by atoms with Crippen LogP contribution in [0.25, 0.3) is 10.8 Å². The summed E-state index contributed by atoms with van der Waals surface area (Å²) in [5, 5.41) is 4.99. The Morgan fingerprint density at radius 1 is 0.735 bits per heavy atom. The molecule has 2 aliphatic rings. The van der Waals surface area contributed by atoms with Crippen molar-refractivity contribution in [1.82, 2.24) is 9.80 Å². The highest BCUT2D eigenvalue weighted by atomic mass is 16.2. The second-order valence-electron chi connectivity index (χ2n) is 9.16. The van der Waals surface area contributed by atoms with Crippen molar-refractivity contribution >= 4 is 34.2 Å². The summed E-state index contributed by atoms with van der Waals surface area (Å²) in [6.45, 7) is 2.69. The number of benzene rings is 3. The number of fused-ring (bicyclic) bond motifs is 1. The number of carbonyl (C=O) groups excluding carboxylic acids is 3. The quantitative estimate of drug-likeness (QED) is 0.627. The van der Waals surface area contributed by atoms with Crippen LogP contribution in [0.4, 0.5) is 5.69 Å². The van der Waals surface area contributed by atoms with Crippen LogP contribution in [0.15, 0.2) is 66.7 Å². The summed E-state index contributed by atoms with van der Waals surface area (Å²) in [5.74, 6) is -0.171. The van der Waals surface area contributed by atoms with Gasteiger partial charge in [0.2, 0.25) is 5.91 Å². The normalized spacial score (nSPS) is 16.6. The number of carbonyl (C=O) groups is 3. The zero-order chi connectivity index (χ0) is 23.5. The number of nitrogens with one attached hydrogen (secondary N) is 1. The molecule has 0 aliphatic carbocycles. The summed E-state index contributed by atoms with van der Waals surface area (Å²) in [7, 11) is 0. The highest BCUT2D eigenvalue weighted by molar-refractivity contribution is 6.07. The number of hydrogen-bond acceptors (Lipinski definition) is 3. The summed E-state index contributed by atoms with van der Waals surface area (Å²) in [6.07, 6.45) is 3.33. The Morgan fingerprint density at radius 3 is 2.21 bits per heavy atom. The molecule has 3 aromatic carbocycles. The topological polar surface area (TPSA) is 69.7 Å². The van der Waals surface area contributed by atoms with E-state index in [9.17, 15) is 14.4 Å². The van der Waals surface area contributed by atoms with Crippen LogP contribution in [-0.4, -0.2) is 53.7 Å². The van der Waals surface area contributed by atoms with Gasteiger partial charge in [0.05, 0.1) is 0 Å². The number of nitrogens with zero attached hydrogens (tertiary/aromatic N) is 2. The van der Waals surface area contributed by atoms with Gasteiger partial charge >= 0.3 is 0 Å². The van der Waals surface area contributed by atoms with Crippen LogP contribution < -0.4 is 5.32 Å². The third kappa shape index (κ3) is 4.53. The SMILES string of the molecule is O=C(Nc1cccc(C(=O)N2CCCC2)c1)C1CCN(C(=O)c2cccc3ccccc23)CC1. The molecular formula is C28H29N3O3. The largest absolute Gasteiger partial charge is 0.339 e. The lowest BCUT2D eigenvalue weighted by molar-refractivity contribution is -0.121. The number of hydrogen-bond donors (Lipinski definition) is 1.